The smallest absolute Gasteiger partial charge is 0.172 e. The number of oxime groups is 1. The van der Waals surface area contributed by atoms with E-state index in [1.165, 1.54) is 0 Å². The number of nitrogens with two attached hydrogens (primary N) is 1. The zero-order valence-electron chi connectivity index (χ0n) is 11.2. The van der Waals surface area contributed by atoms with Gasteiger partial charge in [-0.1, -0.05) is 17.3 Å². The lowest BCUT2D eigenvalue weighted by atomic mass is 10.0. The van der Waals surface area contributed by atoms with E-state index in [9.17, 15) is 0 Å². The van der Waals surface area contributed by atoms with E-state index in [1.54, 1.807) is 0 Å². The van der Waals surface area contributed by atoms with Gasteiger partial charge in [-0.2, -0.15) is 0 Å². The Bertz CT molecular complexity index is 440. The minimum atomic E-state index is 0.155. The normalized spacial score (nSPS) is 17.7. The van der Waals surface area contributed by atoms with Gasteiger partial charge in [0.1, 0.15) is 0 Å². The summed E-state index contributed by atoms with van der Waals surface area (Å²) in [5, 5.41) is 11.9. The van der Waals surface area contributed by atoms with E-state index in [2.05, 4.69) is 10.1 Å². The molecule has 0 unspecified atom stereocenters. The van der Waals surface area contributed by atoms with Gasteiger partial charge >= 0.3 is 0 Å². The van der Waals surface area contributed by atoms with Crippen LogP contribution in [0.3, 0.4) is 0 Å². The maximum Gasteiger partial charge on any atom is 0.172 e. The fraction of sp³-hybridized carbons (Fsp3) is 0.500. The molecule has 1 saturated heterocycles. The highest BCUT2D eigenvalue weighted by Gasteiger charge is 2.21. The summed E-state index contributed by atoms with van der Waals surface area (Å²) in [6.45, 7) is 4.66. The van der Waals surface area contributed by atoms with E-state index in [0.29, 0.717) is 6.10 Å². The highest BCUT2D eigenvalue weighted by molar-refractivity contribution is 6.02. The lowest BCUT2D eigenvalue weighted by Gasteiger charge is -2.34. The highest BCUT2D eigenvalue weighted by Crippen LogP contribution is 2.25. The van der Waals surface area contributed by atoms with Gasteiger partial charge in [0.15, 0.2) is 5.84 Å². The molecular weight excluding hydrogens is 242 g/mol. The van der Waals surface area contributed by atoms with Crippen LogP contribution >= 0.6 is 0 Å². The molecule has 19 heavy (non-hydrogen) atoms. The van der Waals surface area contributed by atoms with Crippen molar-refractivity contribution in [3.8, 4) is 0 Å². The van der Waals surface area contributed by atoms with Crippen molar-refractivity contribution in [2.24, 2.45) is 10.9 Å². The van der Waals surface area contributed by atoms with E-state index < -0.39 is 0 Å². The molecule has 0 saturated carbocycles. The molecule has 1 aliphatic heterocycles. The fourth-order valence-electron chi connectivity index (χ4n) is 2.52. The van der Waals surface area contributed by atoms with Crippen molar-refractivity contribution in [3.05, 3.63) is 29.8 Å². The molecular formula is C14H21N3O2. The second-order valence-electron chi connectivity index (χ2n) is 4.64. The van der Waals surface area contributed by atoms with E-state index >= 15 is 0 Å². The standard InChI is InChI=1S/C14H21N3O2/c1-2-19-11-7-9-17(10-8-11)13-6-4-3-5-12(13)14(15)16-18/h3-6,11,18H,2,7-10H2,1H3,(H2,15,16). The second kappa shape index (κ2) is 6.43. The van der Waals surface area contributed by atoms with Crippen molar-refractivity contribution in [2.75, 3.05) is 24.6 Å². The number of piperidine rings is 1. The molecule has 3 N–H and O–H groups in total. The fourth-order valence-corrected chi connectivity index (χ4v) is 2.52. The van der Waals surface area contributed by atoms with Crippen LogP contribution < -0.4 is 10.6 Å². The van der Waals surface area contributed by atoms with Crippen molar-refractivity contribution in [2.45, 2.75) is 25.9 Å². The SMILES string of the molecule is CCOC1CCN(c2ccccc2/C(N)=N/O)CC1. The van der Waals surface area contributed by atoms with Crippen LogP contribution in [0.1, 0.15) is 25.3 Å². The summed E-state index contributed by atoms with van der Waals surface area (Å²) < 4.78 is 5.65. The van der Waals surface area contributed by atoms with Crippen molar-refractivity contribution in [3.63, 3.8) is 0 Å². The van der Waals surface area contributed by atoms with Gasteiger partial charge in [-0.05, 0) is 31.9 Å². The minimum absolute atomic E-state index is 0.155. The van der Waals surface area contributed by atoms with Crippen LogP contribution in [0.5, 0.6) is 0 Å². The summed E-state index contributed by atoms with van der Waals surface area (Å²) >= 11 is 0. The minimum Gasteiger partial charge on any atom is -0.409 e. The lowest BCUT2D eigenvalue weighted by Crippen LogP contribution is -2.38. The Balaban J connectivity index is 2.11. The van der Waals surface area contributed by atoms with Gasteiger partial charge in [0.25, 0.3) is 0 Å². The molecule has 1 aromatic rings. The number of rotatable bonds is 4. The number of amidine groups is 1. The zero-order chi connectivity index (χ0) is 13.7. The Kier molecular flexibility index (Phi) is 4.63. The summed E-state index contributed by atoms with van der Waals surface area (Å²) in [5.41, 5.74) is 7.52. The highest BCUT2D eigenvalue weighted by atomic mass is 16.5. The van der Waals surface area contributed by atoms with Crippen molar-refractivity contribution in [1.29, 1.82) is 0 Å². The molecule has 0 aromatic heterocycles. The Labute approximate surface area is 113 Å². The monoisotopic (exact) mass is 263 g/mol. The predicted molar refractivity (Wildman–Crippen MR) is 75.8 cm³/mol. The summed E-state index contributed by atoms with van der Waals surface area (Å²) in [5.74, 6) is 0.155. The van der Waals surface area contributed by atoms with Crippen molar-refractivity contribution in [1.82, 2.24) is 0 Å². The van der Waals surface area contributed by atoms with Gasteiger partial charge in [-0.15, -0.1) is 0 Å². The Hall–Kier alpha value is -1.75. The lowest BCUT2D eigenvalue weighted by molar-refractivity contribution is 0.0459. The molecule has 2 rings (SSSR count). The topological polar surface area (TPSA) is 71.1 Å². The first-order valence-corrected chi connectivity index (χ1v) is 6.69. The molecule has 0 radical (unpaired) electrons. The van der Waals surface area contributed by atoms with E-state index in [-0.39, 0.29) is 5.84 Å². The third-order valence-corrected chi connectivity index (χ3v) is 3.47. The molecule has 1 aliphatic rings. The number of ether oxygens (including phenoxy) is 1. The van der Waals surface area contributed by atoms with E-state index in [4.69, 9.17) is 15.7 Å². The van der Waals surface area contributed by atoms with Gasteiger partial charge in [0.2, 0.25) is 0 Å². The molecule has 104 valence electrons. The Morgan fingerprint density at radius 1 is 1.42 bits per heavy atom. The van der Waals surface area contributed by atoms with E-state index in [0.717, 1.165) is 43.8 Å². The molecule has 0 amide bonds. The van der Waals surface area contributed by atoms with Gasteiger partial charge in [-0.3, -0.25) is 0 Å². The largest absolute Gasteiger partial charge is 0.409 e. The summed E-state index contributed by atoms with van der Waals surface area (Å²) in [4.78, 5) is 2.27. The number of benzene rings is 1. The first kappa shape index (κ1) is 13.7. The predicted octanol–water partition coefficient (Wildman–Crippen LogP) is 1.79. The number of hydrogen-bond acceptors (Lipinski definition) is 4. The molecule has 0 atom stereocenters. The molecule has 0 bridgehead atoms. The maximum atomic E-state index is 8.85. The van der Waals surface area contributed by atoms with Gasteiger partial charge in [0, 0.05) is 30.9 Å². The maximum absolute atomic E-state index is 8.85. The summed E-state index contributed by atoms with van der Waals surface area (Å²) in [6.07, 6.45) is 2.38. The molecule has 0 aliphatic carbocycles. The summed E-state index contributed by atoms with van der Waals surface area (Å²) in [7, 11) is 0. The molecule has 5 heteroatoms. The van der Waals surface area contributed by atoms with Crippen molar-refractivity contribution < 1.29 is 9.94 Å². The number of nitrogens with zero attached hydrogens (tertiary/aromatic N) is 2. The number of hydrogen-bond donors (Lipinski definition) is 2. The summed E-state index contributed by atoms with van der Waals surface area (Å²) in [6, 6.07) is 7.75. The molecule has 1 fully saturated rings. The number of para-hydroxylation sites is 1. The quantitative estimate of drug-likeness (QED) is 0.376. The first-order chi connectivity index (χ1) is 9.26. The van der Waals surface area contributed by atoms with Crippen LogP contribution in [0.4, 0.5) is 5.69 Å². The van der Waals surface area contributed by atoms with E-state index in [1.807, 2.05) is 31.2 Å². The van der Waals surface area contributed by atoms with Crippen LogP contribution in [0.2, 0.25) is 0 Å². The third kappa shape index (κ3) is 3.17. The van der Waals surface area contributed by atoms with Crippen LogP contribution in [-0.4, -0.2) is 36.8 Å². The third-order valence-electron chi connectivity index (χ3n) is 3.47. The molecule has 1 aromatic carbocycles. The van der Waals surface area contributed by atoms with Crippen LogP contribution in [-0.2, 0) is 4.74 Å². The Morgan fingerprint density at radius 2 is 2.11 bits per heavy atom. The number of anilines is 1. The molecule has 0 spiro atoms. The molecule has 5 nitrogen and oxygen atoms in total. The van der Waals surface area contributed by atoms with Gasteiger partial charge < -0.3 is 20.6 Å². The second-order valence-corrected chi connectivity index (χ2v) is 4.64. The molecule has 1 heterocycles. The van der Waals surface area contributed by atoms with Gasteiger partial charge in [-0.25, -0.2) is 0 Å². The van der Waals surface area contributed by atoms with Gasteiger partial charge in [0.05, 0.1) is 6.10 Å². The average Bonchev–Trinajstić information content (AvgIpc) is 2.47. The first-order valence-electron chi connectivity index (χ1n) is 6.69. The van der Waals surface area contributed by atoms with Crippen LogP contribution in [0.15, 0.2) is 29.4 Å². The van der Waals surface area contributed by atoms with Crippen molar-refractivity contribution >= 4 is 11.5 Å². The zero-order valence-corrected chi connectivity index (χ0v) is 11.2. The van der Waals surface area contributed by atoms with Crippen LogP contribution in [0, 0.1) is 0 Å². The average molecular weight is 263 g/mol. The Morgan fingerprint density at radius 3 is 2.74 bits per heavy atom. The van der Waals surface area contributed by atoms with Crippen LogP contribution in [0.25, 0.3) is 0 Å².